The summed E-state index contributed by atoms with van der Waals surface area (Å²) in [6.45, 7) is 3.72. The maximum absolute atomic E-state index is 12.5. The zero-order valence-electron chi connectivity index (χ0n) is 18.0. The molecule has 8 nitrogen and oxygen atoms in total. The van der Waals surface area contributed by atoms with Crippen LogP contribution in [0.2, 0.25) is 0 Å². The van der Waals surface area contributed by atoms with Gasteiger partial charge in [-0.2, -0.15) is 22.1 Å². The first kappa shape index (κ1) is 21.5. The number of anilines is 1. The van der Waals surface area contributed by atoms with Crippen LogP contribution in [0.1, 0.15) is 29.2 Å². The van der Waals surface area contributed by atoms with E-state index in [1.807, 2.05) is 12.1 Å². The van der Waals surface area contributed by atoms with Gasteiger partial charge < -0.3 is 5.32 Å². The van der Waals surface area contributed by atoms with Crippen LogP contribution in [-0.2, 0) is 16.8 Å². The largest absolute Gasteiger partial charge is 0.366 e. The molecular weight excluding hydrogens is 412 g/mol. The number of H-pyrrole nitrogens is 1. The van der Waals surface area contributed by atoms with Crippen molar-refractivity contribution < 1.29 is 8.42 Å². The van der Waals surface area contributed by atoms with E-state index in [1.165, 1.54) is 19.7 Å². The highest BCUT2D eigenvalue weighted by atomic mass is 32.2. The molecule has 2 aromatic heterocycles. The third-order valence-corrected chi connectivity index (χ3v) is 7.55. The summed E-state index contributed by atoms with van der Waals surface area (Å²) in [6.07, 6.45) is 4.34. The van der Waals surface area contributed by atoms with Gasteiger partial charge in [0.1, 0.15) is 5.82 Å². The Morgan fingerprint density at radius 1 is 1.26 bits per heavy atom. The van der Waals surface area contributed by atoms with Crippen molar-refractivity contribution in [3.8, 4) is 11.1 Å². The molecule has 1 saturated heterocycles. The molecule has 1 fully saturated rings. The molecule has 3 aromatic rings. The first-order valence-electron chi connectivity index (χ1n) is 10.3. The molecule has 1 aliphatic rings. The first-order valence-corrected chi connectivity index (χ1v) is 11.7. The summed E-state index contributed by atoms with van der Waals surface area (Å²) in [5, 5.41) is 10.7. The fraction of sp³-hybridized carbons (Fsp3) is 0.364. The minimum Gasteiger partial charge on any atom is -0.366 e. The summed E-state index contributed by atoms with van der Waals surface area (Å²) < 4.78 is 27.7. The van der Waals surface area contributed by atoms with Crippen LogP contribution < -0.4 is 5.32 Å². The van der Waals surface area contributed by atoms with Gasteiger partial charge in [-0.3, -0.25) is 5.10 Å². The Hall–Kier alpha value is -2.75. The standard InChI is InChI=1S/C22H28N6O2S/c1-16-5-4-6-17(11-16)13-24-21-12-18(7-9-23-21)20-14-25-26-22(20)19-8-10-28(15-19)31(29,30)27(2)3/h4-7,9,11-12,14,19H,8,10,13,15H2,1-3H3,(H,23,24)(H,25,26)/t19-/m1/s1. The van der Waals surface area contributed by atoms with Crippen LogP contribution >= 0.6 is 0 Å². The Bertz CT molecular complexity index is 1160. The van der Waals surface area contributed by atoms with Crippen molar-refractivity contribution >= 4 is 16.0 Å². The Labute approximate surface area is 183 Å². The van der Waals surface area contributed by atoms with Gasteiger partial charge in [0.05, 0.1) is 6.20 Å². The van der Waals surface area contributed by atoms with E-state index in [1.54, 1.807) is 26.5 Å². The summed E-state index contributed by atoms with van der Waals surface area (Å²) >= 11 is 0. The number of nitrogens with zero attached hydrogens (tertiary/aromatic N) is 4. The van der Waals surface area contributed by atoms with E-state index in [0.29, 0.717) is 19.6 Å². The van der Waals surface area contributed by atoms with Crippen molar-refractivity contribution in [1.29, 1.82) is 0 Å². The predicted octanol–water partition coefficient (Wildman–Crippen LogP) is 2.99. The number of aryl methyl sites for hydroxylation is 1. The molecule has 0 spiro atoms. The zero-order valence-corrected chi connectivity index (χ0v) is 18.9. The van der Waals surface area contributed by atoms with Crippen LogP contribution in [0.25, 0.3) is 11.1 Å². The molecule has 1 atom stereocenters. The first-order chi connectivity index (χ1) is 14.8. The SMILES string of the molecule is Cc1cccc(CNc2cc(-c3cn[nH]c3[C@@H]3CCN(S(=O)(=O)N(C)C)C3)ccn2)c1. The molecule has 0 amide bonds. The molecule has 1 aromatic carbocycles. The number of benzene rings is 1. The Balaban J connectivity index is 1.51. The normalized spacial score (nSPS) is 17.4. The molecule has 3 heterocycles. The van der Waals surface area contributed by atoms with E-state index in [-0.39, 0.29) is 5.92 Å². The minimum atomic E-state index is -3.41. The molecule has 0 radical (unpaired) electrons. The maximum Gasteiger partial charge on any atom is 0.281 e. The van der Waals surface area contributed by atoms with Crippen molar-refractivity contribution in [2.75, 3.05) is 32.5 Å². The fourth-order valence-electron chi connectivity index (χ4n) is 3.95. The molecule has 31 heavy (non-hydrogen) atoms. The highest BCUT2D eigenvalue weighted by Crippen LogP contribution is 2.34. The second-order valence-corrected chi connectivity index (χ2v) is 10.2. The van der Waals surface area contributed by atoms with Gasteiger partial charge in [-0.05, 0) is 36.6 Å². The van der Waals surface area contributed by atoms with Crippen molar-refractivity contribution in [2.24, 2.45) is 0 Å². The van der Waals surface area contributed by atoms with Crippen LogP contribution in [-0.4, -0.2) is 59.4 Å². The quantitative estimate of drug-likeness (QED) is 0.589. The van der Waals surface area contributed by atoms with E-state index in [4.69, 9.17) is 0 Å². The van der Waals surface area contributed by atoms with Gasteiger partial charge in [0, 0.05) is 57.1 Å². The van der Waals surface area contributed by atoms with E-state index in [9.17, 15) is 8.42 Å². The number of nitrogens with one attached hydrogen (secondary N) is 2. The average molecular weight is 441 g/mol. The lowest BCUT2D eigenvalue weighted by Crippen LogP contribution is -2.38. The van der Waals surface area contributed by atoms with Crippen LogP contribution in [0.15, 0.2) is 48.8 Å². The van der Waals surface area contributed by atoms with Gasteiger partial charge in [0.25, 0.3) is 10.2 Å². The van der Waals surface area contributed by atoms with E-state index < -0.39 is 10.2 Å². The lowest BCUT2D eigenvalue weighted by Gasteiger charge is -2.20. The number of pyridine rings is 1. The molecule has 9 heteroatoms. The van der Waals surface area contributed by atoms with Crippen LogP contribution in [0.3, 0.4) is 0 Å². The number of aromatic nitrogens is 3. The highest BCUT2D eigenvalue weighted by Gasteiger charge is 2.35. The number of rotatable bonds is 7. The summed E-state index contributed by atoms with van der Waals surface area (Å²) in [5.41, 5.74) is 5.37. The summed E-state index contributed by atoms with van der Waals surface area (Å²) in [5.74, 6) is 0.860. The predicted molar refractivity (Wildman–Crippen MR) is 122 cm³/mol. The molecule has 4 rings (SSSR count). The summed E-state index contributed by atoms with van der Waals surface area (Å²) in [7, 11) is -0.285. The number of hydrogen-bond acceptors (Lipinski definition) is 5. The van der Waals surface area contributed by atoms with Gasteiger partial charge in [0.2, 0.25) is 0 Å². The average Bonchev–Trinajstić information content (AvgIpc) is 3.42. The van der Waals surface area contributed by atoms with Crippen LogP contribution in [0, 0.1) is 6.92 Å². The summed E-state index contributed by atoms with van der Waals surface area (Å²) in [4.78, 5) is 4.44. The van der Waals surface area contributed by atoms with Gasteiger partial charge in [-0.1, -0.05) is 29.8 Å². The fourth-order valence-corrected chi connectivity index (χ4v) is 5.12. The smallest absolute Gasteiger partial charge is 0.281 e. The van der Waals surface area contributed by atoms with E-state index in [2.05, 4.69) is 51.7 Å². The van der Waals surface area contributed by atoms with Gasteiger partial charge in [-0.15, -0.1) is 0 Å². The third kappa shape index (κ3) is 4.63. The Kier molecular flexibility index (Phi) is 6.08. The topological polar surface area (TPSA) is 94.2 Å². The molecule has 0 bridgehead atoms. The van der Waals surface area contributed by atoms with Crippen LogP contribution in [0.5, 0.6) is 0 Å². The van der Waals surface area contributed by atoms with Gasteiger partial charge in [-0.25, -0.2) is 4.98 Å². The van der Waals surface area contributed by atoms with Gasteiger partial charge >= 0.3 is 0 Å². The van der Waals surface area contributed by atoms with Crippen molar-refractivity contribution in [3.05, 3.63) is 65.6 Å². The molecule has 0 aliphatic carbocycles. The van der Waals surface area contributed by atoms with Crippen molar-refractivity contribution in [3.63, 3.8) is 0 Å². The lowest BCUT2D eigenvalue weighted by atomic mass is 9.97. The minimum absolute atomic E-state index is 0.0732. The number of hydrogen-bond donors (Lipinski definition) is 2. The van der Waals surface area contributed by atoms with E-state index in [0.717, 1.165) is 29.1 Å². The van der Waals surface area contributed by atoms with Gasteiger partial charge in [0.15, 0.2) is 0 Å². The second kappa shape index (κ2) is 8.78. The maximum atomic E-state index is 12.5. The van der Waals surface area contributed by atoms with E-state index >= 15 is 0 Å². The zero-order chi connectivity index (χ0) is 22.0. The molecular formula is C22H28N6O2S. The summed E-state index contributed by atoms with van der Waals surface area (Å²) in [6, 6.07) is 12.3. The molecule has 2 N–H and O–H groups in total. The number of aromatic amines is 1. The van der Waals surface area contributed by atoms with Crippen molar-refractivity contribution in [1.82, 2.24) is 23.8 Å². The molecule has 0 unspecified atom stereocenters. The Morgan fingerprint density at radius 3 is 2.87 bits per heavy atom. The Morgan fingerprint density at radius 2 is 2.10 bits per heavy atom. The monoisotopic (exact) mass is 440 g/mol. The molecule has 1 aliphatic heterocycles. The second-order valence-electron chi connectivity index (χ2n) is 8.10. The third-order valence-electron chi connectivity index (χ3n) is 5.64. The van der Waals surface area contributed by atoms with Crippen molar-refractivity contribution in [2.45, 2.75) is 25.8 Å². The molecule has 0 saturated carbocycles. The molecule has 164 valence electrons. The highest BCUT2D eigenvalue weighted by molar-refractivity contribution is 7.86. The lowest BCUT2D eigenvalue weighted by molar-refractivity contribution is 0.418. The van der Waals surface area contributed by atoms with Crippen LogP contribution in [0.4, 0.5) is 5.82 Å².